The van der Waals surface area contributed by atoms with Gasteiger partial charge in [0.05, 0.1) is 4.90 Å². The first kappa shape index (κ1) is 19.1. The first-order valence-corrected chi connectivity index (χ1v) is 10.7. The highest BCUT2D eigenvalue weighted by atomic mass is 32.2. The van der Waals surface area contributed by atoms with Gasteiger partial charge < -0.3 is 10.6 Å². The predicted octanol–water partition coefficient (Wildman–Crippen LogP) is 1.96. The molecule has 0 aliphatic carbocycles. The van der Waals surface area contributed by atoms with Gasteiger partial charge in [-0.2, -0.15) is 0 Å². The Labute approximate surface area is 167 Å². The molecule has 2 aliphatic rings. The number of nitrogens with one attached hydrogen (secondary N) is 3. The van der Waals surface area contributed by atoms with Gasteiger partial charge in [0.25, 0.3) is 15.9 Å². The summed E-state index contributed by atoms with van der Waals surface area (Å²) in [6.07, 6.45) is 2.42. The monoisotopic (exact) mass is 413 g/mol. The minimum atomic E-state index is -4.07. The minimum Gasteiger partial charge on any atom is -0.326 e. The van der Waals surface area contributed by atoms with Crippen LogP contribution in [0.2, 0.25) is 0 Å². The maximum Gasteiger partial charge on any atom is 0.265 e. The van der Waals surface area contributed by atoms with E-state index < -0.39 is 15.9 Å². The quantitative estimate of drug-likeness (QED) is 0.710. The van der Waals surface area contributed by atoms with Crippen molar-refractivity contribution in [3.63, 3.8) is 0 Å². The summed E-state index contributed by atoms with van der Waals surface area (Å²) in [6, 6.07) is 9.05. The number of hydrogen-bond acceptors (Lipinski definition) is 5. The van der Waals surface area contributed by atoms with Gasteiger partial charge >= 0.3 is 0 Å². The fraction of sp³-hybridized carbons (Fsp3) is 0.250. The summed E-state index contributed by atoms with van der Waals surface area (Å²) >= 11 is 0. The van der Waals surface area contributed by atoms with E-state index >= 15 is 0 Å². The van der Waals surface area contributed by atoms with E-state index in [9.17, 15) is 22.8 Å². The van der Waals surface area contributed by atoms with Crippen molar-refractivity contribution in [2.24, 2.45) is 0 Å². The van der Waals surface area contributed by atoms with E-state index in [1.165, 1.54) is 24.3 Å². The molecule has 2 heterocycles. The second-order valence-corrected chi connectivity index (χ2v) is 8.76. The molecule has 150 valence electrons. The summed E-state index contributed by atoms with van der Waals surface area (Å²) in [4.78, 5) is 35.6. The van der Waals surface area contributed by atoms with E-state index in [-0.39, 0.29) is 28.7 Å². The van der Waals surface area contributed by atoms with E-state index in [1.54, 1.807) is 12.1 Å². The van der Waals surface area contributed by atoms with Gasteiger partial charge in [-0.1, -0.05) is 0 Å². The van der Waals surface area contributed by atoms with Gasteiger partial charge in [0, 0.05) is 29.8 Å². The number of benzene rings is 2. The van der Waals surface area contributed by atoms with Crippen molar-refractivity contribution in [3.05, 3.63) is 53.1 Å². The zero-order chi connectivity index (χ0) is 20.6. The van der Waals surface area contributed by atoms with Crippen LogP contribution in [0.5, 0.6) is 0 Å². The summed E-state index contributed by atoms with van der Waals surface area (Å²) in [6.45, 7) is 0. The van der Waals surface area contributed by atoms with Crippen LogP contribution in [0.1, 0.15) is 40.7 Å². The molecule has 0 spiro atoms. The first-order valence-electron chi connectivity index (χ1n) is 9.24. The van der Waals surface area contributed by atoms with Crippen LogP contribution in [-0.2, 0) is 32.5 Å². The predicted molar refractivity (Wildman–Crippen MR) is 106 cm³/mol. The van der Waals surface area contributed by atoms with Gasteiger partial charge in [-0.3, -0.25) is 14.4 Å². The van der Waals surface area contributed by atoms with Gasteiger partial charge in [0.1, 0.15) is 0 Å². The third-order valence-electron chi connectivity index (χ3n) is 5.00. The molecule has 0 fully saturated rings. The third-order valence-corrected chi connectivity index (χ3v) is 6.33. The Morgan fingerprint density at radius 3 is 2.24 bits per heavy atom. The van der Waals surface area contributed by atoms with Crippen LogP contribution < -0.4 is 15.4 Å². The number of anilines is 2. The summed E-state index contributed by atoms with van der Waals surface area (Å²) < 4.78 is 27.4. The molecule has 3 N–H and O–H groups in total. The topological polar surface area (TPSA) is 121 Å². The van der Waals surface area contributed by atoms with Gasteiger partial charge in [0.2, 0.25) is 11.8 Å². The number of fused-ring (bicyclic) bond motifs is 2. The van der Waals surface area contributed by atoms with E-state index in [1.807, 2.05) is 0 Å². The zero-order valence-electron chi connectivity index (χ0n) is 15.4. The normalized spacial score (nSPS) is 16.0. The zero-order valence-corrected chi connectivity index (χ0v) is 16.3. The van der Waals surface area contributed by atoms with Crippen LogP contribution in [0.4, 0.5) is 11.4 Å². The highest BCUT2D eigenvalue weighted by Crippen LogP contribution is 2.26. The van der Waals surface area contributed by atoms with Crippen molar-refractivity contribution in [2.45, 2.75) is 37.0 Å². The Hall–Kier alpha value is -3.20. The third kappa shape index (κ3) is 4.00. The molecule has 0 saturated heterocycles. The van der Waals surface area contributed by atoms with Crippen molar-refractivity contribution in [1.82, 2.24) is 4.72 Å². The fourth-order valence-corrected chi connectivity index (χ4v) is 4.51. The molecule has 0 saturated carbocycles. The van der Waals surface area contributed by atoms with Gasteiger partial charge in [-0.25, -0.2) is 13.1 Å². The van der Waals surface area contributed by atoms with Crippen molar-refractivity contribution in [3.8, 4) is 0 Å². The number of rotatable bonds is 3. The second kappa shape index (κ2) is 7.32. The lowest BCUT2D eigenvalue weighted by Crippen LogP contribution is -2.31. The number of carbonyl (C=O) groups is 3. The van der Waals surface area contributed by atoms with Crippen molar-refractivity contribution < 1.29 is 22.8 Å². The van der Waals surface area contributed by atoms with E-state index in [0.717, 1.165) is 5.56 Å². The number of aryl methyl sites for hydroxylation is 2. The molecule has 0 atom stereocenters. The van der Waals surface area contributed by atoms with Crippen LogP contribution in [0.3, 0.4) is 0 Å². The first-order chi connectivity index (χ1) is 13.8. The lowest BCUT2D eigenvalue weighted by molar-refractivity contribution is -0.117. The van der Waals surface area contributed by atoms with Crippen LogP contribution in [0.25, 0.3) is 0 Å². The Morgan fingerprint density at radius 2 is 1.48 bits per heavy atom. The smallest absolute Gasteiger partial charge is 0.265 e. The fourth-order valence-electron chi connectivity index (χ4n) is 3.48. The number of hydrogen-bond donors (Lipinski definition) is 3. The SMILES string of the molecule is O=C1CCCc2cc(C(=O)NS(=O)(=O)c3ccc4c(c3)CCC(=O)N4)ccc2N1. The van der Waals surface area contributed by atoms with Crippen molar-refractivity contribution in [1.29, 1.82) is 0 Å². The van der Waals surface area contributed by atoms with E-state index in [0.29, 0.717) is 42.6 Å². The highest BCUT2D eigenvalue weighted by molar-refractivity contribution is 7.90. The minimum absolute atomic E-state index is 0.0391. The molecule has 2 aromatic carbocycles. The molecule has 4 rings (SSSR count). The van der Waals surface area contributed by atoms with Gasteiger partial charge in [0.15, 0.2) is 0 Å². The standard InChI is InChI=1S/C20H19N3O5S/c24-18-3-1-2-12-10-14(4-7-16(12)21-18)20(26)23-29(27,28)15-6-8-17-13(11-15)5-9-19(25)22-17/h4,6-8,10-11H,1-3,5,9H2,(H,21,24)(H,22,25)(H,23,26). The molecule has 0 unspecified atom stereocenters. The highest BCUT2D eigenvalue weighted by Gasteiger charge is 2.23. The molecule has 9 heteroatoms. The maximum absolute atomic E-state index is 12.7. The molecule has 0 bridgehead atoms. The molecule has 3 amide bonds. The summed E-state index contributed by atoms with van der Waals surface area (Å²) in [7, 11) is -4.07. The lowest BCUT2D eigenvalue weighted by Gasteiger charge is -2.17. The molecule has 8 nitrogen and oxygen atoms in total. The van der Waals surface area contributed by atoms with Crippen LogP contribution >= 0.6 is 0 Å². The van der Waals surface area contributed by atoms with Crippen LogP contribution in [0.15, 0.2) is 41.3 Å². The number of sulfonamides is 1. The Bertz CT molecular complexity index is 1140. The molecule has 2 aliphatic heterocycles. The number of amides is 3. The second-order valence-electron chi connectivity index (χ2n) is 7.08. The summed E-state index contributed by atoms with van der Waals surface area (Å²) in [5.74, 6) is -0.928. The van der Waals surface area contributed by atoms with Crippen LogP contribution in [0, 0.1) is 0 Å². The summed E-state index contributed by atoms with van der Waals surface area (Å²) in [5, 5.41) is 5.47. The van der Waals surface area contributed by atoms with Gasteiger partial charge in [-0.15, -0.1) is 0 Å². The summed E-state index contributed by atoms with van der Waals surface area (Å²) in [5.41, 5.74) is 2.93. The molecular formula is C20H19N3O5S. The van der Waals surface area contributed by atoms with Gasteiger partial charge in [-0.05, 0) is 66.8 Å². The average molecular weight is 413 g/mol. The maximum atomic E-state index is 12.7. The molecular weight excluding hydrogens is 394 g/mol. The molecule has 2 aromatic rings. The largest absolute Gasteiger partial charge is 0.326 e. The van der Waals surface area contributed by atoms with Crippen molar-refractivity contribution >= 4 is 39.1 Å². The molecule has 29 heavy (non-hydrogen) atoms. The van der Waals surface area contributed by atoms with Crippen LogP contribution in [-0.4, -0.2) is 26.1 Å². The van der Waals surface area contributed by atoms with E-state index in [4.69, 9.17) is 0 Å². The number of carbonyl (C=O) groups excluding carboxylic acids is 3. The lowest BCUT2D eigenvalue weighted by atomic mass is 10.0. The Balaban J connectivity index is 1.56. The average Bonchev–Trinajstić information content (AvgIpc) is 2.87. The molecule has 0 aromatic heterocycles. The van der Waals surface area contributed by atoms with Crippen molar-refractivity contribution in [2.75, 3.05) is 10.6 Å². The Morgan fingerprint density at radius 1 is 0.828 bits per heavy atom. The van der Waals surface area contributed by atoms with E-state index in [2.05, 4.69) is 15.4 Å². The molecule has 0 radical (unpaired) electrons. The Kier molecular flexibility index (Phi) is 4.83.